The molecule has 0 spiro atoms. The first-order valence-corrected chi connectivity index (χ1v) is 6.02. The average molecular weight is 269 g/mol. The molecule has 0 unspecified atom stereocenters. The van der Waals surface area contributed by atoms with Crippen LogP contribution in [0.25, 0.3) is 11.0 Å². The first-order valence-electron chi connectivity index (χ1n) is 6.02. The topological polar surface area (TPSA) is 28.4 Å². The lowest BCUT2D eigenvalue weighted by molar-refractivity contribution is 0.326. The van der Waals surface area contributed by atoms with Gasteiger partial charge in [0.05, 0.1) is 0 Å². The van der Waals surface area contributed by atoms with Crippen LogP contribution in [-0.4, -0.2) is 32.1 Å². The summed E-state index contributed by atoms with van der Waals surface area (Å²) in [6.45, 7) is 5.02. The Hall–Kier alpha value is -1.03. The number of hydrogen-bond acceptors (Lipinski definition) is 3. The van der Waals surface area contributed by atoms with Crippen LogP contribution in [0.2, 0.25) is 0 Å². The second kappa shape index (κ2) is 6.78. The number of benzene rings is 1. The van der Waals surface area contributed by atoms with Crippen LogP contribution in [0.15, 0.2) is 28.7 Å². The van der Waals surface area contributed by atoms with Gasteiger partial charge in [0.15, 0.2) is 0 Å². The summed E-state index contributed by atoms with van der Waals surface area (Å²) in [6, 6.07) is 8.24. The molecule has 1 aromatic carbocycles. The first kappa shape index (κ1) is 15.0. The van der Waals surface area contributed by atoms with Gasteiger partial charge in [-0.3, -0.25) is 0 Å². The second-order valence-electron chi connectivity index (χ2n) is 4.47. The largest absolute Gasteiger partial charge is 0.461 e. The van der Waals surface area contributed by atoms with Crippen molar-refractivity contribution in [2.45, 2.75) is 13.5 Å². The zero-order chi connectivity index (χ0) is 12.3. The third kappa shape index (κ3) is 3.25. The Morgan fingerprint density at radius 2 is 2.00 bits per heavy atom. The Labute approximate surface area is 115 Å². The highest BCUT2D eigenvalue weighted by molar-refractivity contribution is 5.85. The van der Waals surface area contributed by atoms with Gasteiger partial charge >= 0.3 is 0 Å². The van der Waals surface area contributed by atoms with E-state index in [0.717, 1.165) is 31.0 Å². The normalized spacial score (nSPS) is 10.9. The summed E-state index contributed by atoms with van der Waals surface area (Å²) in [5.74, 6) is 1.03. The number of rotatable bonds is 5. The highest BCUT2D eigenvalue weighted by Crippen LogP contribution is 2.25. The number of likely N-dealkylation sites (N-methyl/N-ethyl adjacent to an activating group) is 2. The van der Waals surface area contributed by atoms with Gasteiger partial charge in [-0.1, -0.05) is 18.2 Å². The summed E-state index contributed by atoms with van der Waals surface area (Å²) in [6.07, 6.45) is 0. The first-order chi connectivity index (χ1) is 8.22. The molecule has 2 rings (SSSR count). The second-order valence-corrected chi connectivity index (χ2v) is 4.47. The quantitative estimate of drug-likeness (QED) is 0.904. The van der Waals surface area contributed by atoms with Crippen molar-refractivity contribution >= 4 is 23.4 Å². The van der Waals surface area contributed by atoms with E-state index in [-0.39, 0.29) is 12.4 Å². The monoisotopic (exact) mass is 268 g/mol. The molecule has 0 fully saturated rings. The van der Waals surface area contributed by atoms with E-state index in [1.54, 1.807) is 0 Å². The fraction of sp³-hybridized carbons (Fsp3) is 0.429. The maximum Gasteiger partial charge on any atom is 0.134 e. The number of aryl methyl sites for hydroxylation is 1. The van der Waals surface area contributed by atoms with E-state index < -0.39 is 0 Å². The third-order valence-electron chi connectivity index (χ3n) is 3.07. The zero-order valence-electron chi connectivity index (χ0n) is 11.2. The van der Waals surface area contributed by atoms with Crippen molar-refractivity contribution in [2.24, 2.45) is 0 Å². The Kier molecular flexibility index (Phi) is 5.66. The van der Waals surface area contributed by atoms with Gasteiger partial charge in [0, 0.05) is 30.6 Å². The fourth-order valence-electron chi connectivity index (χ4n) is 2.07. The van der Waals surface area contributed by atoms with Crippen LogP contribution < -0.4 is 5.32 Å². The van der Waals surface area contributed by atoms with Gasteiger partial charge in [0.2, 0.25) is 0 Å². The van der Waals surface area contributed by atoms with E-state index in [0.29, 0.717) is 0 Å². The molecule has 0 aliphatic rings. The SMILES string of the molecule is CNCCN(C)Cc1c(C)oc2ccccc12.Cl. The summed E-state index contributed by atoms with van der Waals surface area (Å²) in [5, 5.41) is 4.40. The fourth-order valence-corrected chi connectivity index (χ4v) is 2.07. The predicted molar refractivity (Wildman–Crippen MR) is 78.5 cm³/mol. The lowest BCUT2D eigenvalue weighted by Gasteiger charge is -2.15. The smallest absolute Gasteiger partial charge is 0.134 e. The number of nitrogens with one attached hydrogen (secondary N) is 1. The summed E-state index contributed by atoms with van der Waals surface area (Å²) in [7, 11) is 4.12. The molecule has 4 heteroatoms. The molecule has 1 N–H and O–H groups in total. The van der Waals surface area contributed by atoms with Crippen LogP contribution in [-0.2, 0) is 6.54 Å². The number of para-hydroxylation sites is 1. The van der Waals surface area contributed by atoms with E-state index >= 15 is 0 Å². The maximum atomic E-state index is 5.76. The van der Waals surface area contributed by atoms with E-state index in [9.17, 15) is 0 Å². The molecule has 2 aromatic rings. The number of halogens is 1. The molecule has 0 aliphatic heterocycles. The van der Waals surface area contributed by atoms with Crippen LogP contribution in [0.5, 0.6) is 0 Å². The van der Waals surface area contributed by atoms with Crippen molar-refractivity contribution in [1.29, 1.82) is 0 Å². The summed E-state index contributed by atoms with van der Waals surface area (Å²) < 4.78 is 5.76. The molecule has 0 saturated heterocycles. The molecule has 0 bridgehead atoms. The van der Waals surface area contributed by atoms with E-state index in [1.807, 2.05) is 26.1 Å². The molecule has 0 saturated carbocycles. The van der Waals surface area contributed by atoms with Crippen molar-refractivity contribution in [3.8, 4) is 0 Å². The Balaban J connectivity index is 0.00000162. The Morgan fingerprint density at radius 1 is 1.28 bits per heavy atom. The van der Waals surface area contributed by atoms with Crippen LogP contribution in [0.1, 0.15) is 11.3 Å². The minimum Gasteiger partial charge on any atom is -0.461 e. The maximum absolute atomic E-state index is 5.76. The summed E-state index contributed by atoms with van der Waals surface area (Å²) in [5.41, 5.74) is 2.29. The van der Waals surface area contributed by atoms with Gasteiger partial charge in [-0.25, -0.2) is 0 Å². The number of nitrogens with zero attached hydrogens (tertiary/aromatic N) is 1. The number of fused-ring (bicyclic) bond motifs is 1. The number of furan rings is 1. The van der Waals surface area contributed by atoms with E-state index in [1.165, 1.54) is 10.9 Å². The minimum atomic E-state index is 0. The Bertz CT molecular complexity index is 495. The van der Waals surface area contributed by atoms with Crippen molar-refractivity contribution in [1.82, 2.24) is 10.2 Å². The lowest BCUT2D eigenvalue weighted by atomic mass is 10.1. The third-order valence-corrected chi connectivity index (χ3v) is 3.07. The van der Waals surface area contributed by atoms with Crippen molar-refractivity contribution < 1.29 is 4.42 Å². The van der Waals surface area contributed by atoms with Gasteiger partial charge in [-0.2, -0.15) is 0 Å². The van der Waals surface area contributed by atoms with Gasteiger partial charge in [-0.05, 0) is 27.1 Å². The zero-order valence-corrected chi connectivity index (χ0v) is 12.0. The number of hydrogen-bond donors (Lipinski definition) is 1. The molecule has 100 valence electrons. The van der Waals surface area contributed by atoms with Crippen LogP contribution in [0.4, 0.5) is 0 Å². The summed E-state index contributed by atoms with van der Waals surface area (Å²) >= 11 is 0. The minimum absolute atomic E-state index is 0. The molecule has 0 atom stereocenters. The van der Waals surface area contributed by atoms with Gasteiger partial charge < -0.3 is 14.6 Å². The van der Waals surface area contributed by atoms with E-state index in [4.69, 9.17) is 4.42 Å². The Morgan fingerprint density at radius 3 is 2.72 bits per heavy atom. The van der Waals surface area contributed by atoms with Gasteiger partial charge in [-0.15, -0.1) is 12.4 Å². The van der Waals surface area contributed by atoms with Gasteiger partial charge in [0.1, 0.15) is 11.3 Å². The predicted octanol–water partition coefficient (Wildman–Crippen LogP) is 2.81. The van der Waals surface area contributed by atoms with Crippen molar-refractivity contribution in [3.63, 3.8) is 0 Å². The molecule has 0 radical (unpaired) electrons. The summed E-state index contributed by atoms with van der Waals surface area (Å²) in [4.78, 5) is 2.31. The van der Waals surface area contributed by atoms with Crippen molar-refractivity contribution in [3.05, 3.63) is 35.6 Å². The molecule has 1 heterocycles. The lowest BCUT2D eigenvalue weighted by Crippen LogP contribution is -2.27. The van der Waals surface area contributed by atoms with Crippen LogP contribution in [0, 0.1) is 6.92 Å². The highest BCUT2D eigenvalue weighted by Gasteiger charge is 2.11. The van der Waals surface area contributed by atoms with E-state index in [2.05, 4.69) is 29.4 Å². The molecule has 0 aliphatic carbocycles. The molecule has 1 aromatic heterocycles. The van der Waals surface area contributed by atoms with Crippen molar-refractivity contribution in [2.75, 3.05) is 27.2 Å². The van der Waals surface area contributed by atoms with Crippen LogP contribution in [0.3, 0.4) is 0 Å². The molecule has 18 heavy (non-hydrogen) atoms. The van der Waals surface area contributed by atoms with Crippen LogP contribution >= 0.6 is 12.4 Å². The molecular weight excluding hydrogens is 248 g/mol. The highest BCUT2D eigenvalue weighted by atomic mass is 35.5. The molecule has 3 nitrogen and oxygen atoms in total. The molecular formula is C14H21ClN2O. The average Bonchev–Trinajstić information content (AvgIpc) is 2.64. The molecule has 0 amide bonds. The standard InChI is InChI=1S/C14H20N2O.ClH/c1-11-13(10-16(3)9-8-15-2)12-6-4-5-7-14(12)17-11;/h4-7,15H,8-10H2,1-3H3;1H. The van der Waals surface area contributed by atoms with Gasteiger partial charge in [0.25, 0.3) is 0 Å².